The molecule has 0 aliphatic heterocycles. The van der Waals surface area contributed by atoms with E-state index in [0.717, 1.165) is 49.4 Å². The Hall–Kier alpha value is -2.05. The summed E-state index contributed by atoms with van der Waals surface area (Å²) in [6.45, 7) is 9.82. The zero-order chi connectivity index (χ0) is 23.5. The molecule has 5 rings (SSSR count). The van der Waals surface area contributed by atoms with Gasteiger partial charge in [-0.25, -0.2) is 13.5 Å². The van der Waals surface area contributed by atoms with E-state index < -0.39 is 11.6 Å². The quantitative estimate of drug-likeness (QED) is 0.650. The van der Waals surface area contributed by atoms with Gasteiger partial charge in [-0.05, 0) is 97.3 Å². The summed E-state index contributed by atoms with van der Waals surface area (Å²) in [5, 5.41) is 15.1. The minimum Gasteiger partial charge on any atom is -0.396 e. The summed E-state index contributed by atoms with van der Waals surface area (Å²) in [4.78, 5) is 0. The molecule has 6 heteroatoms. The molecule has 3 aliphatic rings. The summed E-state index contributed by atoms with van der Waals surface area (Å²) in [7, 11) is 0. The van der Waals surface area contributed by atoms with Crippen LogP contribution in [0.4, 0.5) is 8.78 Å². The van der Waals surface area contributed by atoms with Crippen molar-refractivity contribution in [1.82, 2.24) is 9.78 Å². The Morgan fingerprint density at radius 2 is 2.03 bits per heavy atom. The van der Waals surface area contributed by atoms with E-state index in [1.807, 2.05) is 6.20 Å². The predicted molar refractivity (Wildman–Crippen MR) is 125 cm³/mol. The van der Waals surface area contributed by atoms with Gasteiger partial charge in [0.15, 0.2) is 5.82 Å². The van der Waals surface area contributed by atoms with Crippen LogP contribution in [0.15, 0.2) is 36.5 Å². The van der Waals surface area contributed by atoms with Crippen molar-refractivity contribution in [3.63, 3.8) is 0 Å². The van der Waals surface area contributed by atoms with E-state index in [9.17, 15) is 13.9 Å². The third-order valence-corrected chi connectivity index (χ3v) is 9.71. The number of aromatic nitrogens is 2. The molecule has 0 radical (unpaired) electrons. The van der Waals surface area contributed by atoms with Crippen molar-refractivity contribution in [3.8, 4) is 5.69 Å². The van der Waals surface area contributed by atoms with E-state index in [-0.39, 0.29) is 29.0 Å². The minimum atomic E-state index is -0.632. The fourth-order valence-electron chi connectivity index (χ4n) is 7.63. The lowest BCUT2D eigenvalue weighted by molar-refractivity contribution is -0.0536. The Bertz CT molecular complexity index is 1080. The van der Waals surface area contributed by atoms with Crippen LogP contribution in [0, 0.1) is 46.1 Å². The van der Waals surface area contributed by atoms with E-state index in [0.29, 0.717) is 30.7 Å². The van der Waals surface area contributed by atoms with E-state index >= 15 is 0 Å². The van der Waals surface area contributed by atoms with E-state index in [1.54, 1.807) is 0 Å². The van der Waals surface area contributed by atoms with Gasteiger partial charge in [0.2, 0.25) is 0 Å². The molecular weight excluding hydrogens is 420 g/mol. The number of rotatable bonds is 4. The molecule has 4 nitrogen and oxygen atoms in total. The van der Waals surface area contributed by atoms with Gasteiger partial charge in [0, 0.05) is 18.9 Å². The second-order valence-corrected chi connectivity index (χ2v) is 11.1. The Morgan fingerprint density at radius 3 is 2.73 bits per heavy atom. The Kier molecular flexibility index (Phi) is 5.52. The van der Waals surface area contributed by atoms with Crippen LogP contribution in [-0.4, -0.2) is 28.0 Å². The molecule has 178 valence electrons. The Balaban J connectivity index is 1.49. The SMILES string of the molecule is C=C1CCC2C(CN)C([C@]3(C)Cc4cn(-c5ccc(F)cc5F)nc4C[C@@H]3CO)CCC12C. The highest BCUT2D eigenvalue weighted by Gasteiger charge is 2.56. The lowest BCUT2D eigenvalue weighted by atomic mass is 9.49. The molecule has 2 aromatic rings. The molecule has 1 heterocycles. The molecule has 3 aliphatic carbocycles. The molecule has 0 amide bonds. The molecular formula is C27H35F2N3O. The number of fused-ring (bicyclic) bond motifs is 2. The highest BCUT2D eigenvalue weighted by molar-refractivity contribution is 5.36. The number of nitrogens with two attached hydrogens (primary N) is 1. The Labute approximate surface area is 194 Å². The molecule has 33 heavy (non-hydrogen) atoms. The topological polar surface area (TPSA) is 64.1 Å². The van der Waals surface area contributed by atoms with Crippen LogP contribution in [0.2, 0.25) is 0 Å². The number of allylic oxidation sites excluding steroid dienone is 1. The number of benzene rings is 1. The fraction of sp³-hybridized carbons (Fsp3) is 0.593. The fourth-order valence-corrected chi connectivity index (χ4v) is 7.63. The number of aliphatic hydroxyl groups excluding tert-OH is 1. The van der Waals surface area contributed by atoms with Gasteiger partial charge in [0.1, 0.15) is 11.5 Å². The molecule has 1 aromatic heterocycles. The van der Waals surface area contributed by atoms with Gasteiger partial charge in [-0.1, -0.05) is 26.0 Å². The number of halogens is 2. The van der Waals surface area contributed by atoms with Crippen molar-refractivity contribution in [3.05, 3.63) is 59.4 Å². The summed E-state index contributed by atoms with van der Waals surface area (Å²) in [6, 6.07) is 3.56. The monoisotopic (exact) mass is 455 g/mol. The zero-order valence-electron chi connectivity index (χ0n) is 19.7. The average molecular weight is 456 g/mol. The second-order valence-electron chi connectivity index (χ2n) is 11.1. The maximum absolute atomic E-state index is 14.4. The molecule has 0 saturated heterocycles. The van der Waals surface area contributed by atoms with Gasteiger partial charge < -0.3 is 10.8 Å². The van der Waals surface area contributed by atoms with Crippen molar-refractivity contribution in [1.29, 1.82) is 0 Å². The first-order chi connectivity index (χ1) is 15.7. The standard InChI is InChI=1S/C27H35F2N3O/c1-16-4-6-21-20(13-30)22(8-9-26(16,21)2)27(3)12-17-14-32(31-24(17)10-18(27)15-33)25-7-5-19(28)11-23(25)29/h5,7,11,14,18,20-22,33H,1,4,6,8-10,12-13,15,30H2,2-3H3/t18-,20?,21?,22?,26?,27-/m1/s1. The minimum absolute atomic E-state index is 0.0689. The molecule has 0 spiro atoms. The van der Waals surface area contributed by atoms with Crippen LogP contribution in [-0.2, 0) is 12.8 Å². The lowest BCUT2D eigenvalue weighted by Crippen LogP contribution is -2.53. The summed E-state index contributed by atoms with van der Waals surface area (Å²) in [6.07, 6.45) is 7.77. The van der Waals surface area contributed by atoms with Gasteiger partial charge in [-0.3, -0.25) is 0 Å². The zero-order valence-corrected chi connectivity index (χ0v) is 19.7. The van der Waals surface area contributed by atoms with Crippen molar-refractivity contribution in [2.45, 2.75) is 52.4 Å². The van der Waals surface area contributed by atoms with Crippen molar-refractivity contribution in [2.75, 3.05) is 13.2 Å². The summed E-state index contributed by atoms with van der Waals surface area (Å²) < 4.78 is 29.3. The number of hydrogen-bond acceptors (Lipinski definition) is 3. The molecule has 2 fully saturated rings. The average Bonchev–Trinajstić information content (AvgIpc) is 3.32. The van der Waals surface area contributed by atoms with Gasteiger partial charge in [-0.2, -0.15) is 5.10 Å². The second kappa shape index (κ2) is 8.02. The van der Waals surface area contributed by atoms with Crippen LogP contribution in [0.5, 0.6) is 0 Å². The van der Waals surface area contributed by atoms with Crippen molar-refractivity contribution >= 4 is 0 Å². The summed E-state index contributed by atoms with van der Waals surface area (Å²) >= 11 is 0. The molecule has 3 N–H and O–H groups in total. The molecule has 4 unspecified atom stereocenters. The van der Waals surface area contributed by atoms with Gasteiger partial charge >= 0.3 is 0 Å². The third-order valence-electron chi connectivity index (χ3n) is 9.71. The maximum Gasteiger partial charge on any atom is 0.151 e. The largest absolute Gasteiger partial charge is 0.396 e. The van der Waals surface area contributed by atoms with Crippen LogP contribution in [0.1, 0.15) is 50.8 Å². The molecule has 2 saturated carbocycles. The van der Waals surface area contributed by atoms with E-state index in [1.165, 1.54) is 22.4 Å². The van der Waals surface area contributed by atoms with Crippen molar-refractivity contribution in [2.24, 2.45) is 40.2 Å². The Morgan fingerprint density at radius 1 is 1.24 bits per heavy atom. The van der Waals surface area contributed by atoms with Crippen LogP contribution < -0.4 is 5.73 Å². The van der Waals surface area contributed by atoms with Gasteiger partial charge in [0.25, 0.3) is 0 Å². The van der Waals surface area contributed by atoms with Crippen LogP contribution in [0.25, 0.3) is 5.69 Å². The number of nitrogens with zero attached hydrogens (tertiary/aromatic N) is 2. The predicted octanol–water partition coefficient (Wildman–Crippen LogP) is 4.82. The lowest BCUT2D eigenvalue weighted by Gasteiger charge is -2.55. The maximum atomic E-state index is 14.4. The first kappa shape index (κ1) is 22.7. The summed E-state index contributed by atoms with van der Waals surface area (Å²) in [5.74, 6) is 0.179. The van der Waals surface area contributed by atoms with Crippen molar-refractivity contribution < 1.29 is 13.9 Å². The molecule has 6 atom stereocenters. The third kappa shape index (κ3) is 3.40. The van der Waals surface area contributed by atoms with Gasteiger partial charge in [0.05, 0.1) is 5.69 Å². The number of aliphatic hydroxyl groups is 1. The van der Waals surface area contributed by atoms with E-state index in [4.69, 9.17) is 5.73 Å². The smallest absolute Gasteiger partial charge is 0.151 e. The first-order valence-electron chi connectivity index (χ1n) is 12.2. The number of hydrogen-bond donors (Lipinski definition) is 2. The van der Waals surface area contributed by atoms with Crippen LogP contribution in [0.3, 0.4) is 0 Å². The molecule has 0 bridgehead atoms. The highest BCUT2D eigenvalue weighted by atomic mass is 19.1. The summed E-state index contributed by atoms with van der Waals surface area (Å²) in [5.41, 5.74) is 10.1. The molecule has 1 aromatic carbocycles. The van der Waals surface area contributed by atoms with Crippen LogP contribution >= 0.6 is 0 Å². The highest BCUT2D eigenvalue weighted by Crippen LogP contribution is 2.62. The van der Waals surface area contributed by atoms with E-state index in [2.05, 4.69) is 25.5 Å². The normalized spacial score (nSPS) is 36.0. The van der Waals surface area contributed by atoms with Gasteiger partial charge in [-0.15, -0.1) is 0 Å². The first-order valence-corrected chi connectivity index (χ1v) is 12.2.